The lowest BCUT2D eigenvalue weighted by atomic mass is 10.2. The fourth-order valence-corrected chi connectivity index (χ4v) is 2.08. The van der Waals surface area contributed by atoms with Crippen LogP contribution in [0, 0.1) is 0 Å². The molecule has 1 atom stereocenters. The molecule has 0 radical (unpaired) electrons. The maximum absolute atomic E-state index is 11.6. The van der Waals surface area contributed by atoms with Gasteiger partial charge >= 0.3 is 0 Å². The average molecular weight is 346 g/mol. The van der Waals surface area contributed by atoms with Gasteiger partial charge in [0.1, 0.15) is 17.1 Å². The molecule has 9 heteroatoms. The van der Waals surface area contributed by atoms with E-state index >= 15 is 0 Å². The van der Waals surface area contributed by atoms with Crippen molar-refractivity contribution in [2.75, 3.05) is 38.0 Å². The van der Waals surface area contributed by atoms with E-state index in [1.165, 1.54) is 6.20 Å². The van der Waals surface area contributed by atoms with Gasteiger partial charge in [0.2, 0.25) is 5.95 Å². The second-order valence-electron chi connectivity index (χ2n) is 5.27. The summed E-state index contributed by atoms with van der Waals surface area (Å²) in [5, 5.41) is 6.05. The van der Waals surface area contributed by atoms with Crippen LogP contribution in [0.4, 0.5) is 17.5 Å². The second-order valence-corrected chi connectivity index (χ2v) is 5.27. The van der Waals surface area contributed by atoms with Gasteiger partial charge in [-0.2, -0.15) is 4.98 Å². The number of benzene rings is 1. The molecule has 0 spiro atoms. The summed E-state index contributed by atoms with van der Waals surface area (Å²) in [7, 11) is 3.15. The summed E-state index contributed by atoms with van der Waals surface area (Å²) in [5.41, 5.74) is 12.1. The van der Waals surface area contributed by atoms with E-state index in [2.05, 4.69) is 20.6 Å². The number of rotatable bonds is 9. The molecule has 0 fully saturated rings. The Hall–Kier alpha value is -2.91. The molecule has 25 heavy (non-hydrogen) atoms. The van der Waals surface area contributed by atoms with Gasteiger partial charge in [-0.3, -0.25) is 4.79 Å². The van der Waals surface area contributed by atoms with Gasteiger partial charge in [-0.1, -0.05) is 6.07 Å². The number of amides is 1. The second kappa shape index (κ2) is 8.81. The predicted molar refractivity (Wildman–Crippen MR) is 95.2 cm³/mol. The lowest BCUT2D eigenvalue weighted by Gasteiger charge is -2.14. The van der Waals surface area contributed by atoms with E-state index in [0.29, 0.717) is 36.4 Å². The fraction of sp³-hybridized carbons (Fsp3) is 0.312. The van der Waals surface area contributed by atoms with E-state index in [9.17, 15) is 4.79 Å². The molecule has 2 rings (SSSR count). The lowest BCUT2D eigenvalue weighted by molar-refractivity contribution is 0.100. The molecule has 0 bridgehead atoms. The Morgan fingerprint density at radius 3 is 2.84 bits per heavy atom. The van der Waals surface area contributed by atoms with Gasteiger partial charge in [-0.25, -0.2) is 4.98 Å². The normalized spacial score (nSPS) is 11.6. The molecule has 9 nitrogen and oxygen atoms in total. The monoisotopic (exact) mass is 346 g/mol. The van der Waals surface area contributed by atoms with Gasteiger partial charge in [0, 0.05) is 37.6 Å². The molecule has 0 saturated heterocycles. The van der Waals surface area contributed by atoms with Crippen LogP contribution >= 0.6 is 0 Å². The third-order valence-corrected chi connectivity index (χ3v) is 3.29. The maximum atomic E-state index is 11.6. The van der Waals surface area contributed by atoms with Crippen molar-refractivity contribution in [1.29, 1.82) is 0 Å². The van der Waals surface area contributed by atoms with Crippen molar-refractivity contribution in [1.82, 2.24) is 9.97 Å². The topological polar surface area (TPSA) is 137 Å². The SMILES string of the molecule is COC[C@H](N)CNc1ncc(C(N)=O)c(Nc2cccc(OC)c2)n1. The van der Waals surface area contributed by atoms with Crippen LogP contribution in [0.2, 0.25) is 0 Å². The first-order chi connectivity index (χ1) is 12.0. The Morgan fingerprint density at radius 1 is 1.36 bits per heavy atom. The molecule has 0 saturated carbocycles. The van der Waals surface area contributed by atoms with Crippen molar-refractivity contribution in [3.05, 3.63) is 36.0 Å². The molecule has 1 aromatic heterocycles. The first-order valence-corrected chi connectivity index (χ1v) is 7.59. The number of carbonyl (C=O) groups is 1. The zero-order chi connectivity index (χ0) is 18.2. The minimum atomic E-state index is -0.631. The number of hydrogen-bond acceptors (Lipinski definition) is 8. The van der Waals surface area contributed by atoms with Crippen molar-refractivity contribution in [2.24, 2.45) is 11.5 Å². The number of anilines is 3. The van der Waals surface area contributed by atoms with Crippen LogP contribution in [0.15, 0.2) is 30.5 Å². The van der Waals surface area contributed by atoms with Crippen molar-refractivity contribution < 1.29 is 14.3 Å². The summed E-state index contributed by atoms with van der Waals surface area (Å²) in [6, 6.07) is 7.00. The van der Waals surface area contributed by atoms with E-state index < -0.39 is 5.91 Å². The van der Waals surface area contributed by atoms with Crippen LogP contribution in [0.25, 0.3) is 0 Å². The molecule has 2 aromatic rings. The Bertz CT molecular complexity index is 725. The molecule has 134 valence electrons. The van der Waals surface area contributed by atoms with Crippen molar-refractivity contribution in [3.63, 3.8) is 0 Å². The van der Waals surface area contributed by atoms with Crippen molar-refractivity contribution in [2.45, 2.75) is 6.04 Å². The van der Waals surface area contributed by atoms with Crippen LogP contribution < -0.4 is 26.8 Å². The number of aromatic nitrogens is 2. The highest BCUT2D eigenvalue weighted by Crippen LogP contribution is 2.23. The Morgan fingerprint density at radius 2 is 2.16 bits per heavy atom. The highest BCUT2D eigenvalue weighted by Gasteiger charge is 2.13. The van der Waals surface area contributed by atoms with Crippen molar-refractivity contribution >= 4 is 23.4 Å². The molecule has 0 aliphatic carbocycles. The van der Waals surface area contributed by atoms with Crippen LogP contribution in [0.3, 0.4) is 0 Å². The van der Waals surface area contributed by atoms with Gasteiger partial charge in [-0.05, 0) is 12.1 Å². The zero-order valence-corrected chi connectivity index (χ0v) is 14.2. The number of carbonyl (C=O) groups excluding carboxylic acids is 1. The summed E-state index contributed by atoms with van der Waals surface area (Å²) in [6.07, 6.45) is 1.36. The molecule has 0 aliphatic heterocycles. The van der Waals surface area contributed by atoms with Crippen LogP contribution in [0.1, 0.15) is 10.4 Å². The molecule has 0 aliphatic rings. The number of methoxy groups -OCH3 is 2. The van der Waals surface area contributed by atoms with E-state index in [1.807, 2.05) is 18.2 Å². The number of hydrogen-bond donors (Lipinski definition) is 4. The number of ether oxygens (including phenoxy) is 2. The molecule has 0 unspecified atom stereocenters. The van der Waals surface area contributed by atoms with E-state index in [4.69, 9.17) is 20.9 Å². The minimum absolute atomic E-state index is 0.176. The summed E-state index contributed by atoms with van der Waals surface area (Å²) in [5.74, 6) is 0.650. The van der Waals surface area contributed by atoms with Crippen LogP contribution in [-0.2, 0) is 4.74 Å². The highest BCUT2D eigenvalue weighted by atomic mass is 16.5. The van der Waals surface area contributed by atoms with Gasteiger partial charge < -0.3 is 31.6 Å². The van der Waals surface area contributed by atoms with E-state index in [0.717, 1.165) is 0 Å². The first kappa shape index (κ1) is 18.4. The number of nitrogens with one attached hydrogen (secondary N) is 2. The van der Waals surface area contributed by atoms with Crippen molar-refractivity contribution in [3.8, 4) is 5.75 Å². The van der Waals surface area contributed by atoms with Crippen LogP contribution in [-0.4, -0.2) is 49.3 Å². The number of nitrogens with two attached hydrogens (primary N) is 2. The smallest absolute Gasteiger partial charge is 0.254 e. The third kappa shape index (κ3) is 5.30. The first-order valence-electron chi connectivity index (χ1n) is 7.59. The van der Waals surface area contributed by atoms with Crippen LogP contribution in [0.5, 0.6) is 5.75 Å². The maximum Gasteiger partial charge on any atom is 0.254 e. The molecule has 1 heterocycles. The van der Waals surface area contributed by atoms with Gasteiger partial charge in [0.15, 0.2) is 0 Å². The standard InChI is InChI=1S/C16H22N6O3/c1-24-9-10(17)7-19-16-20-8-13(14(18)23)15(22-16)21-11-4-3-5-12(6-11)25-2/h3-6,8,10H,7,9,17H2,1-2H3,(H2,18,23)(H2,19,20,21,22)/t10-/m1/s1. The van der Waals surface area contributed by atoms with E-state index in [-0.39, 0.29) is 11.6 Å². The summed E-state index contributed by atoms with van der Waals surface area (Å²) in [4.78, 5) is 20.0. The van der Waals surface area contributed by atoms with Gasteiger partial charge in [-0.15, -0.1) is 0 Å². The Balaban J connectivity index is 2.21. The predicted octanol–water partition coefficient (Wildman–Crippen LogP) is 0.713. The quantitative estimate of drug-likeness (QED) is 0.521. The summed E-state index contributed by atoms with van der Waals surface area (Å²) in [6.45, 7) is 0.823. The minimum Gasteiger partial charge on any atom is -0.497 e. The Kier molecular flexibility index (Phi) is 6.49. The van der Waals surface area contributed by atoms with Gasteiger partial charge in [0.25, 0.3) is 5.91 Å². The molecule has 1 amide bonds. The number of primary amides is 1. The summed E-state index contributed by atoms with van der Waals surface area (Å²) < 4.78 is 10.2. The Labute approximate surface area is 145 Å². The van der Waals surface area contributed by atoms with E-state index in [1.54, 1.807) is 20.3 Å². The lowest BCUT2D eigenvalue weighted by Crippen LogP contribution is -2.33. The zero-order valence-electron chi connectivity index (χ0n) is 14.2. The molecule has 1 aromatic carbocycles. The molecule has 6 N–H and O–H groups in total. The largest absolute Gasteiger partial charge is 0.497 e. The van der Waals surface area contributed by atoms with Gasteiger partial charge in [0.05, 0.1) is 13.7 Å². The molecular weight excluding hydrogens is 324 g/mol. The summed E-state index contributed by atoms with van der Waals surface area (Å²) >= 11 is 0. The average Bonchev–Trinajstić information content (AvgIpc) is 2.60. The number of nitrogens with zero attached hydrogens (tertiary/aromatic N) is 2. The molecular formula is C16H22N6O3. The fourth-order valence-electron chi connectivity index (χ4n) is 2.08. The highest BCUT2D eigenvalue weighted by molar-refractivity contribution is 5.98. The third-order valence-electron chi connectivity index (χ3n) is 3.29.